The van der Waals surface area contributed by atoms with Crippen molar-refractivity contribution < 1.29 is 17.9 Å². The predicted molar refractivity (Wildman–Crippen MR) is 107 cm³/mol. The first-order valence-corrected chi connectivity index (χ1v) is 10.6. The highest BCUT2D eigenvalue weighted by molar-refractivity contribution is 7.94. The molecule has 0 aliphatic rings. The van der Waals surface area contributed by atoms with E-state index in [-0.39, 0.29) is 9.47 Å². The number of anilines is 2. The van der Waals surface area contributed by atoms with E-state index in [9.17, 15) is 13.2 Å². The number of para-hydroxylation sites is 2. The summed E-state index contributed by atoms with van der Waals surface area (Å²) in [5.41, 5.74) is 1.68. The second-order valence-corrected chi connectivity index (χ2v) is 8.57. The zero-order valence-corrected chi connectivity index (χ0v) is 16.8. The van der Waals surface area contributed by atoms with Crippen LogP contribution in [0.3, 0.4) is 0 Å². The number of carbonyl (C=O) groups is 1. The maximum atomic E-state index is 12.6. The maximum Gasteiger partial charge on any atom is 0.291 e. The highest BCUT2D eigenvalue weighted by atomic mass is 32.2. The lowest BCUT2D eigenvalue weighted by Gasteiger charge is -2.10. The number of rotatable bonds is 7. The number of carbonyl (C=O) groups excluding carboxylic acids is 1. The number of benzene rings is 2. The van der Waals surface area contributed by atoms with Gasteiger partial charge in [0.2, 0.25) is 5.13 Å². The fourth-order valence-corrected chi connectivity index (χ4v) is 4.31. The molecule has 28 heavy (non-hydrogen) atoms. The average Bonchev–Trinajstić information content (AvgIpc) is 3.13. The van der Waals surface area contributed by atoms with E-state index in [2.05, 4.69) is 20.2 Å². The van der Waals surface area contributed by atoms with E-state index in [1.807, 2.05) is 13.0 Å². The molecule has 3 aromatic rings. The van der Waals surface area contributed by atoms with E-state index in [1.165, 1.54) is 0 Å². The lowest BCUT2D eigenvalue weighted by molar-refractivity contribution is 0.102. The van der Waals surface area contributed by atoms with Crippen molar-refractivity contribution in [3.63, 3.8) is 0 Å². The normalized spacial score (nSPS) is 11.1. The summed E-state index contributed by atoms with van der Waals surface area (Å²) in [5.74, 6) is 0.0181. The zero-order valence-electron chi connectivity index (χ0n) is 15.2. The third kappa shape index (κ3) is 4.65. The summed E-state index contributed by atoms with van der Waals surface area (Å²) in [6.45, 7) is 4.07. The molecule has 0 spiro atoms. The Kier molecular flexibility index (Phi) is 5.90. The second-order valence-electron chi connectivity index (χ2n) is 5.73. The van der Waals surface area contributed by atoms with Crippen LogP contribution >= 0.6 is 11.3 Å². The second kappa shape index (κ2) is 8.36. The van der Waals surface area contributed by atoms with Crippen LogP contribution in [0.4, 0.5) is 10.8 Å². The Bertz CT molecular complexity index is 1100. The van der Waals surface area contributed by atoms with Crippen LogP contribution in [0.2, 0.25) is 0 Å². The molecule has 0 atom stereocenters. The van der Waals surface area contributed by atoms with Crippen LogP contribution in [0.25, 0.3) is 0 Å². The molecule has 0 saturated carbocycles. The van der Waals surface area contributed by atoms with Gasteiger partial charge in [0.05, 0.1) is 12.3 Å². The molecule has 0 aliphatic carbocycles. The first-order valence-electron chi connectivity index (χ1n) is 8.35. The lowest BCUT2D eigenvalue weighted by atomic mass is 10.1. The van der Waals surface area contributed by atoms with E-state index in [4.69, 9.17) is 4.74 Å². The molecule has 0 fully saturated rings. The van der Waals surface area contributed by atoms with Gasteiger partial charge >= 0.3 is 0 Å². The van der Waals surface area contributed by atoms with Gasteiger partial charge in [0.15, 0.2) is 0 Å². The van der Waals surface area contributed by atoms with E-state index >= 15 is 0 Å². The molecule has 1 amide bonds. The molecule has 10 heteroatoms. The quantitative estimate of drug-likeness (QED) is 0.570. The van der Waals surface area contributed by atoms with Gasteiger partial charge in [-0.1, -0.05) is 41.2 Å². The van der Waals surface area contributed by atoms with E-state index in [1.54, 1.807) is 49.4 Å². The highest BCUT2D eigenvalue weighted by Crippen LogP contribution is 2.28. The Morgan fingerprint density at radius 3 is 2.68 bits per heavy atom. The maximum absolute atomic E-state index is 12.6. The molecular weight excluding hydrogens is 400 g/mol. The number of ether oxygens (including phenoxy) is 1. The van der Waals surface area contributed by atoms with Crippen LogP contribution in [-0.4, -0.2) is 31.1 Å². The van der Waals surface area contributed by atoms with Crippen molar-refractivity contribution >= 4 is 38.1 Å². The summed E-state index contributed by atoms with van der Waals surface area (Å²) < 4.78 is 32.8. The number of hydrogen-bond donors (Lipinski definition) is 2. The third-order valence-corrected chi connectivity index (χ3v) is 6.14. The average molecular weight is 419 g/mol. The van der Waals surface area contributed by atoms with Crippen molar-refractivity contribution in [3.8, 4) is 5.75 Å². The Morgan fingerprint density at radius 1 is 1.14 bits per heavy atom. The summed E-state index contributed by atoms with van der Waals surface area (Å²) in [7, 11) is -3.98. The molecule has 0 saturated heterocycles. The Labute approximate surface area is 166 Å². The van der Waals surface area contributed by atoms with Gasteiger partial charge in [0.1, 0.15) is 5.75 Å². The zero-order chi connectivity index (χ0) is 20.1. The SMILES string of the molecule is CCOc1ccccc1NS(=O)(=O)c1nnc(NC(=O)c2cccc(C)c2)s1. The van der Waals surface area contributed by atoms with Crippen molar-refractivity contribution in [1.82, 2.24) is 10.2 Å². The molecule has 0 bridgehead atoms. The Balaban J connectivity index is 1.76. The largest absolute Gasteiger partial charge is 0.492 e. The summed E-state index contributed by atoms with van der Waals surface area (Å²) >= 11 is 0.760. The van der Waals surface area contributed by atoms with E-state index in [0.717, 1.165) is 16.9 Å². The number of nitrogens with one attached hydrogen (secondary N) is 2. The topological polar surface area (TPSA) is 110 Å². The minimum absolute atomic E-state index is 0.0879. The van der Waals surface area contributed by atoms with Crippen molar-refractivity contribution in [3.05, 3.63) is 59.7 Å². The number of aryl methyl sites for hydroxylation is 1. The standard InChI is InChI=1S/C18H18N4O4S2/c1-3-26-15-10-5-4-9-14(15)22-28(24,25)18-21-20-17(27-18)19-16(23)13-8-6-7-12(2)11-13/h4-11,22H,3H2,1-2H3,(H,19,20,23). The smallest absolute Gasteiger partial charge is 0.291 e. The minimum Gasteiger partial charge on any atom is -0.492 e. The summed E-state index contributed by atoms with van der Waals surface area (Å²) in [5, 5.41) is 10.1. The van der Waals surface area contributed by atoms with Crippen LogP contribution in [0, 0.1) is 6.92 Å². The first kappa shape index (κ1) is 19.8. The van der Waals surface area contributed by atoms with Gasteiger partial charge in [-0.05, 0) is 38.1 Å². The monoisotopic (exact) mass is 418 g/mol. The Morgan fingerprint density at radius 2 is 1.93 bits per heavy atom. The van der Waals surface area contributed by atoms with E-state index in [0.29, 0.717) is 23.6 Å². The van der Waals surface area contributed by atoms with E-state index < -0.39 is 15.9 Å². The van der Waals surface area contributed by atoms with Gasteiger partial charge in [0, 0.05) is 5.56 Å². The van der Waals surface area contributed by atoms with Gasteiger partial charge in [-0.2, -0.15) is 8.42 Å². The third-order valence-electron chi connectivity index (χ3n) is 3.57. The minimum atomic E-state index is -3.98. The summed E-state index contributed by atoms with van der Waals surface area (Å²) in [6, 6.07) is 13.7. The number of sulfonamides is 1. The van der Waals surface area contributed by atoms with Gasteiger partial charge in [0.25, 0.3) is 20.3 Å². The molecule has 0 aliphatic heterocycles. The van der Waals surface area contributed by atoms with Crippen LogP contribution in [0.5, 0.6) is 5.75 Å². The van der Waals surface area contributed by atoms with Crippen molar-refractivity contribution in [2.45, 2.75) is 18.2 Å². The molecular formula is C18H18N4O4S2. The predicted octanol–water partition coefficient (Wildman–Crippen LogP) is 3.30. The van der Waals surface area contributed by atoms with Crippen LogP contribution in [0.1, 0.15) is 22.8 Å². The summed E-state index contributed by atoms with van der Waals surface area (Å²) in [4.78, 5) is 12.3. The molecule has 2 aromatic carbocycles. The molecule has 8 nitrogen and oxygen atoms in total. The van der Waals surface area contributed by atoms with Gasteiger partial charge in [-0.25, -0.2) is 0 Å². The molecule has 2 N–H and O–H groups in total. The van der Waals surface area contributed by atoms with Crippen molar-refractivity contribution in [2.24, 2.45) is 0 Å². The van der Waals surface area contributed by atoms with Crippen molar-refractivity contribution in [1.29, 1.82) is 0 Å². The molecule has 1 heterocycles. The van der Waals surface area contributed by atoms with Crippen molar-refractivity contribution in [2.75, 3.05) is 16.6 Å². The Hall–Kier alpha value is -2.98. The van der Waals surface area contributed by atoms with Crippen LogP contribution in [0.15, 0.2) is 52.9 Å². The fourth-order valence-electron chi connectivity index (χ4n) is 2.35. The number of aromatic nitrogens is 2. The highest BCUT2D eigenvalue weighted by Gasteiger charge is 2.22. The van der Waals surface area contributed by atoms with Gasteiger partial charge in [-0.3, -0.25) is 14.8 Å². The lowest BCUT2D eigenvalue weighted by Crippen LogP contribution is -2.13. The fraction of sp³-hybridized carbons (Fsp3) is 0.167. The van der Waals surface area contributed by atoms with Crippen LogP contribution in [-0.2, 0) is 10.0 Å². The molecule has 1 aromatic heterocycles. The molecule has 0 radical (unpaired) electrons. The number of amides is 1. The number of nitrogens with zero attached hydrogens (tertiary/aromatic N) is 2. The molecule has 0 unspecified atom stereocenters. The van der Waals surface area contributed by atoms with Gasteiger partial charge < -0.3 is 4.74 Å². The molecule has 3 rings (SSSR count). The number of hydrogen-bond acceptors (Lipinski definition) is 7. The first-order chi connectivity index (χ1) is 13.4. The van der Waals surface area contributed by atoms with Crippen LogP contribution < -0.4 is 14.8 Å². The molecule has 146 valence electrons. The van der Waals surface area contributed by atoms with Gasteiger partial charge in [-0.15, -0.1) is 10.2 Å². The summed E-state index contributed by atoms with van der Waals surface area (Å²) in [6.07, 6.45) is 0.